The van der Waals surface area contributed by atoms with Crippen molar-refractivity contribution in [3.63, 3.8) is 0 Å². The Kier molecular flexibility index (Phi) is 4.27. The van der Waals surface area contributed by atoms with Gasteiger partial charge in [0.25, 0.3) is 5.91 Å². The SMILES string of the molecule is Cc1ccnc(NC(=O)c2ccc(C=CC(=O)O)s2)c1. The molecule has 0 atom stereocenters. The minimum atomic E-state index is -1.02. The number of carbonyl (C=O) groups excluding carboxylic acids is 1. The lowest BCUT2D eigenvalue weighted by Crippen LogP contribution is -2.11. The minimum Gasteiger partial charge on any atom is -0.478 e. The average Bonchev–Trinajstić information content (AvgIpc) is 2.85. The summed E-state index contributed by atoms with van der Waals surface area (Å²) in [6.07, 6.45) is 4.12. The molecule has 0 fully saturated rings. The zero-order valence-electron chi connectivity index (χ0n) is 10.7. The van der Waals surface area contributed by atoms with Crippen LogP contribution in [0.2, 0.25) is 0 Å². The third-order valence-electron chi connectivity index (χ3n) is 2.40. The monoisotopic (exact) mass is 288 g/mol. The quantitative estimate of drug-likeness (QED) is 0.848. The number of hydrogen-bond donors (Lipinski definition) is 2. The van der Waals surface area contributed by atoms with Crippen molar-refractivity contribution in [3.05, 3.63) is 51.9 Å². The van der Waals surface area contributed by atoms with E-state index in [1.807, 2.05) is 13.0 Å². The summed E-state index contributed by atoms with van der Waals surface area (Å²) in [6, 6.07) is 6.96. The van der Waals surface area contributed by atoms with E-state index in [4.69, 9.17) is 5.11 Å². The van der Waals surface area contributed by atoms with Gasteiger partial charge in [-0.3, -0.25) is 4.79 Å². The minimum absolute atomic E-state index is 0.261. The van der Waals surface area contributed by atoms with Crippen LogP contribution in [0.25, 0.3) is 6.08 Å². The fourth-order valence-corrected chi connectivity index (χ4v) is 2.31. The Morgan fingerprint density at radius 2 is 2.15 bits per heavy atom. The summed E-state index contributed by atoms with van der Waals surface area (Å²) in [5, 5.41) is 11.2. The van der Waals surface area contributed by atoms with Crippen molar-refractivity contribution in [2.75, 3.05) is 5.32 Å². The van der Waals surface area contributed by atoms with Crippen molar-refractivity contribution in [2.24, 2.45) is 0 Å². The first kappa shape index (κ1) is 14.0. The van der Waals surface area contributed by atoms with Gasteiger partial charge in [-0.25, -0.2) is 9.78 Å². The Morgan fingerprint density at radius 1 is 1.35 bits per heavy atom. The maximum atomic E-state index is 12.0. The highest BCUT2D eigenvalue weighted by atomic mass is 32.1. The number of pyridine rings is 1. The van der Waals surface area contributed by atoms with E-state index in [1.54, 1.807) is 24.4 Å². The predicted molar refractivity (Wildman–Crippen MR) is 77.9 cm³/mol. The van der Waals surface area contributed by atoms with Crippen LogP contribution in [0.15, 0.2) is 36.5 Å². The van der Waals surface area contributed by atoms with E-state index < -0.39 is 5.97 Å². The lowest BCUT2D eigenvalue weighted by molar-refractivity contribution is -0.131. The number of rotatable bonds is 4. The molecule has 0 spiro atoms. The number of aliphatic carboxylic acids is 1. The molecule has 0 radical (unpaired) electrons. The highest BCUT2D eigenvalue weighted by Crippen LogP contribution is 2.19. The van der Waals surface area contributed by atoms with Gasteiger partial charge in [-0.1, -0.05) is 0 Å². The summed E-state index contributed by atoms with van der Waals surface area (Å²) < 4.78 is 0. The van der Waals surface area contributed by atoms with Crippen LogP contribution < -0.4 is 5.32 Å². The average molecular weight is 288 g/mol. The fraction of sp³-hybridized carbons (Fsp3) is 0.0714. The van der Waals surface area contributed by atoms with Crippen molar-refractivity contribution in [2.45, 2.75) is 6.92 Å². The molecule has 0 bridgehead atoms. The number of anilines is 1. The normalized spacial score (nSPS) is 10.7. The molecule has 0 unspecified atom stereocenters. The van der Waals surface area contributed by atoms with Gasteiger partial charge in [0.15, 0.2) is 0 Å². The molecule has 1 amide bonds. The highest BCUT2D eigenvalue weighted by molar-refractivity contribution is 7.15. The van der Waals surface area contributed by atoms with E-state index in [0.29, 0.717) is 15.6 Å². The number of hydrogen-bond acceptors (Lipinski definition) is 4. The molecule has 2 rings (SSSR count). The summed E-state index contributed by atoms with van der Waals surface area (Å²) >= 11 is 1.22. The molecular formula is C14H12N2O3S. The Balaban J connectivity index is 2.08. The van der Waals surface area contributed by atoms with Gasteiger partial charge in [-0.15, -0.1) is 11.3 Å². The van der Waals surface area contributed by atoms with Crippen LogP contribution in [0.1, 0.15) is 20.1 Å². The predicted octanol–water partition coefficient (Wildman–Crippen LogP) is 2.80. The molecule has 5 nitrogen and oxygen atoms in total. The summed E-state index contributed by atoms with van der Waals surface area (Å²) in [7, 11) is 0. The molecule has 0 aliphatic rings. The second-order valence-electron chi connectivity index (χ2n) is 4.05. The topological polar surface area (TPSA) is 79.3 Å². The fourth-order valence-electron chi connectivity index (χ4n) is 1.50. The third kappa shape index (κ3) is 3.76. The van der Waals surface area contributed by atoms with Crippen LogP contribution in [0, 0.1) is 6.92 Å². The van der Waals surface area contributed by atoms with Gasteiger partial charge < -0.3 is 10.4 Å². The molecule has 0 saturated carbocycles. The van der Waals surface area contributed by atoms with Crippen LogP contribution in [0.3, 0.4) is 0 Å². The zero-order valence-corrected chi connectivity index (χ0v) is 11.5. The van der Waals surface area contributed by atoms with Crippen molar-refractivity contribution in [1.29, 1.82) is 0 Å². The van der Waals surface area contributed by atoms with Gasteiger partial charge in [0.05, 0.1) is 4.88 Å². The number of aryl methyl sites for hydroxylation is 1. The van der Waals surface area contributed by atoms with Crippen LogP contribution >= 0.6 is 11.3 Å². The van der Waals surface area contributed by atoms with E-state index in [1.165, 1.54) is 17.4 Å². The molecule has 0 saturated heterocycles. The molecule has 102 valence electrons. The Bertz CT molecular complexity index is 677. The number of carboxylic acid groups (broad SMARTS) is 1. The molecule has 2 heterocycles. The maximum absolute atomic E-state index is 12.0. The smallest absolute Gasteiger partial charge is 0.328 e. The molecule has 0 aliphatic heterocycles. The van der Waals surface area contributed by atoms with Crippen molar-refractivity contribution >= 4 is 35.1 Å². The lowest BCUT2D eigenvalue weighted by atomic mass is 10.3. The maximum Gasteiger partial charge on any atom is 0.328 e. The second kappa shape index (κ2) is 6.12. The number of thiophene rings is 1. The molecule has 2 N–H and O–H groups in total. The number of amides is 1. The van der Waals surface area contributed by atoms with E-state index in [-0.39, 0.29) is 5.91 Å². The van der Waals surface area contributed by atoms with Gasteiger partial charge in [0, 0.05) is 17.2 Å². The molecule has 2 aromatic heterocycles. The first-order valence-corrected chi connectivity index (χ1v) is 6.61. The standard InChI is InChI=1S/C14H12N2O3S/c1-9-6-7-15-12(8-9)16-14(19)11-4-2-10(20-11)3-5-13(17)18/h2-8H,1H3,(H,17,18)(H,15,16,19). The highest BCUT2D eigenvalue weighted by Gasteiger charge is 2.09. The van der Waals surface area contributed by atoms with Crippen molar-refractivity contribution in [3.8, 4) is 0 Å². The van der Waals surface area contributed by atoms with Crippen LogP contribution in [-0.4, -0.2) is 22.0 Å². The third-order valence-corrected chi connectivity index (χ3v) is 3.45. The van der Waals surface area contributed by atoms with E-state index in [2.05, 4.69) is 10.3 Å². The molecule has 2 aromatic rings. The summed E-state index contributed by atoms with van der Waals surface area (Å²) in [6.45, 7) is 1.91. The number of carboxylic acids is 1. The van der Waals surface area contributed by atoms with Gasteiger partial charge in [-0.2, -0.15) is 0 Å². The van der Waals surface area contributed by atoms with Crippen LogP contribution in [0.5, 0.6) is 0 Å². The Labute approximate surface area is 119 Å². The molecule has 0 aromatic carbocycles. The largest absolute Gasteiger partial charge is 0.478 e. The van der Waals surface area contributed by atoms with E-state index in [9.17, 15) is 9.59 Å². The van der Waals surface area contributed by atoms with Gasteiger partial charge in [-0.05, 0) is 42.8 Å². The molecule has 6 heteroatoms. The summed E-state index contributed by atoms with van der Waals surface area (Å²) in [5.41, 5.74) is 1.01. The number of carbonyl (C=O) groups is 2. The van der Waals surface area contributed by atoms with Gasteiger partial charge in [0.1, 0.15) is 5.82 Å². The molecular weight excluding hydrogens is 276 g/mol. The van der Waals surface area contributed by atoms with Crippen molar-refractivity contribution < 1.29 is 14.7 Å². The van der Waals surface area contributed by atoms with Crippen LogP contribution in [-0.2, 0) is 4.79 Å². The first-order chi connectivity index (χ1) is 9.54. The lowest BCUT2D eigenvalue weighted by Gasteiger charge is -2.02. The van der Waals surface area contributed by atoms with E-state index in [0.717, 1.165) is 11.6 Å². The zero-order chi connectivity index (χ0) is 14.5. The summed E-state index contributed by atoms with van der Waals surface area (Å²) in [5.74, 6) is -0.789. The Morgan fingerprint density at radius 3 is 2.85 bits per heavy atom. The molecule has 20 heavy (non-hydrogen) atoms. The van der Waals surface area contributed by atoms with Crippen molar-refractivity contribution in [1.82, 2.24) is 4.98 Å². The first-order valence-electron chi connectivity index (χ1n) is 5.79. The van der Waals surface area contributed by atoms with E-state index >= 15 is 0 Å². The number of aromatic nitrogens is 1. The van der Waals surface area contributed by atoms with Gasteiger partial charge in [0.2, 0.25) is 0 Å². The van der Waals surface area contributed by atoms with Gasteiger partial charge >= 0.3 is 5.97 Å². The number of nitrogens with one attached hydrogen (secondary N) is 1. The van der Waals surface area contributed by atoms with Crippen LogP contribution in [0.4, 0.5) is 5.82 Å². The Hall–Kier alpha value is -2.47. The summed E-state index contributed by atoms with van der Waals surface area (Å²) in [4.78, 5) is 27.7. The number of nitrogens with zero attached hydrogens (tertiary/aromatic N) is 1. The second-order valence-corrected chi connectivity index (χ2v) is 5.16. The molecule has 0 aliphatic carbocycles.